The van der Waals surface area contributed by atoms with Crippen molar-refractivity contribution in [2.75, 3.05) is 39.3 Å². The molecule has 1 amide bonds. The maximum absolute atomic E-state index is 13.0. The Kier molecular flexibility index (Phi) is 3.89. The van der Waals surface area contributed by atoms with Crippen molar-refractivity contribution in [3.05, 3.63) is 0 Å². The van der Waals surface area contributed by atoms with Gasteiger partial charge in [0.15, 0.2) is 0 Å². The monoisotopic (exact) mass is 331 g/mol. The van der Waals surface area contributed by atoms with Crippen LogP contribution in [0.15, 0.2) is 0 Å². The third kappa shape index (κ3) is 2.80. The second-order valence-corrected chi connectivity index (χ2v) is 9.66. The van der Waals surface area contributed by atoms with Gasteiger partial charge in [-0.3, -0.25) is 9.69 Å². The van der Waals surface area contributed by atoms with Crippen LogP contribution in [0.5, 0.6) is 0 Å². The van der Waals surface area contributed by atoms with Crippen molar-refractivity contribution in [2.24, 2.45) is 23.2 Å². The lowest BCUT2D eigenvalue weighted by atomic mass is 9.49. The predicted octanol–water partition coefficient (Wildman–Crippen LogP) is 2.10. The number of rotatable bonds is 3. The van der Waals surface area contributed by atoms with Gasteiger partial charge in [0.25, 0.3) is 0 Å². The van der Waals surface area contributed by atoms with E-state index in [4.69, 9.17) is 0 Å². The molecule has 0 aromatic heterocycles. The fraction of sp³-hybridized carbons (Fsp3) is 0.950. The SMILES string of the molecule is O=C(CC12CC3CC(CC(C3)C1)C2)N1CCN(C2CCNC2)CC1. The Labute approximate surface area is 146 Å². The minimum absolute atomic E-state index is 0.401. The summed E-state index contributed by atoms with van der Waals surface area (Å²) in [6.07, 6.45) is 10.6. The van der Waals surface area contributed by atoms with Crippen LogP contribution in [0.25, 0.3) is 0 Å². The summed E-state index contributed by atoms with van der Waals surface area (Å²) in [5.74, 6) is 3.34. The summed E-state index contributed by atoms with van der Waals surface area (Å²) in [5.41, 5.74) is 0.401. The molecule has 24 heavy (non-hydrogen) atoms. The van der Waals surface area contributed by atoms with Crippen molar-refractivity contribution in [1.82, 2.24) is 15.1 Å². The highest BCUT2D eigenvalue weighted by molar-refractivity contribution is 5.77. The van der Waals surface area contributed by atoms with E-state index in [9.17, 15) is 4.79 Å². The second kappa shape index (κ2) is 5.98. The largest absolute Gasteiger partial charge is 0.340 e. The molecule has 2 aliphatic heterocycles. The summed E-state index contributed by atoms with van der Waals surface area (Å²) < 4.78 is 0. The number of nitrogens with one attached hydrogen (secondary N) is 1. The Bertz CT molecular complexity index is 456. The molecule has 2 saturated heterocycles. The lowest BCUT2D eigenvalue weighted by Gasteiger charge is -2.57. The molecule has 2 heterocycles. The zero-order valence-electron chi connectivity index (χ0n) is 15.0. The third-order valence-electron chi connectivity index (χ3n) is 7.91. The molecule has 6 fully saturated rings. The Hall–Kier alpha value is -0.610. The maximum atomic E-state index is 13.0. The van der Waals surface area contributed by atoms with E-state index in [1.54, 1.807) is 0 Å². The molecule has 0 aromatic rings. The highest BCUT2D eigenvalue weighted by Gasteiger charge is 2.51. The van der Waals surface area contributed by atoms with Gasteiger partial charge in [-0.05, 0) is 74.7 Å². The molecule has 1 unspecified atom stereocenters. The second-order valence-electron chi connectivity index (χ2n) is 9.66. The van der Waals surface area contributed by atoms with Crippen LogP contribution < -0.4 is 5.32 Å². The highest BCUT2D eigenvalue weighted by Crippen LogP contribution is 2.61. The Balaban J connectivity index is 1.18. The van der Waals surface area contributed by atoms with Gasteiger partial charge in [0.2, 0.25) is 5.91 Å². The zero-order valence-corrected chi connectivity index (χ0v) is 15.0. The van der Waals surface area contributed by atoms with E-state index in [0.29, 0.717) is 17.4 Å². The van der Waals surface area contributed by atoms with Gasteiger partial charge >= 0.3 is 0 Å². The average molecular weight is 332 g/mol. The maximum Gasteiger partial charge on any atom is 0.223 e. The van der Waals surface area contributed by atoms with Crippen LogP contribution in [0.2, 0.25) is 0 Å². The topological polar surface area (TPSA) is 35.6 Å². The van der Waals surface area contributed by atoms with Crippen molar-refractivity contribution in [3.63, 3.8) is 0 Å². The smallest absolute Gasteiger partial charge is 0.223 e. The molecule has 4 aliphatic carbocycles. The summed E-state index contributed by atoms with van der Waals surface area (Å²) in [7, 11) is 0. The van der Waals surface area contributed by atoms with Gasteiger partial charge in [-0.25, -0.2) is 0 Å². The number of piperazine rings is 1. The van der Waals surface area contributed by atoms with Gasteiger partial charge in [0.1, 0.15) is 0 Å². The van der Waals surface area contributed by atoms with Crippen LogP contribution in [0.1, 0.15) is 51.4 Å². The zero-order chi connectivity index (χ0) is 16.1. The highest BCUT2D eigenvalue weighted by atomic mass is 16.2. The van der Waals surface area contributed by atoms with Gasteiger partial charge in [-0.2, -0.15) is 0 Å². The third-order valence-corrected chi connectivity index (χ3v) is 7.91. The summed E-state index contributed by atoms with van der Waals surface area (Å²) in [6, 6.07) is 0.713. The van der Waals surface area contributed by atoms with E-state index in [0.717, 1.165) is 63.4 Å². The summed E-state index contributed by atoms with van der Waals surface area (Å²) in [5, 5.41) is 3.47. The van der Waals surface area contributed by atoms with E-state index in [-0.39, 0.29) is 0 Å². The van der Waals surface area contributed by atoms with Crippen molar-refractivity contribution >= 4 is 5.91 Å². The lowest BCUT2D eigenvalue weighted by Crippen LogP contribution is -2.54. The molecule has 4 saturated carbocycles. The van der Waals surface area contributed by atoms with Crippen molar-refractivity contribution in [1.29, 1.82) is 0 Å². The number of hydrogen-bond donors (Lipinski definition) is 1. The van der Waals surface area contributed by atoms with Gasteiger partial charge in [0.05, 0.1) is 0 Å². The Morgan fingerprint density at radius 2 is 1.58 bits per heavy atom. The van der Waals surface area contributed by atoms with Crippen LogP contribution in [-0.4, -0.2) is 61.0 Å². The molecule has 4 bridgehead atoms. The Morgan fingerprint density at radius 3 is 2.12 bits per heavy atom. The van der Waals surface area contributed by atoms with Gasteiger partial charge in [0, 0.05) is 45.2 Å². The van der Waals surface area contributed by atoms with Crippen LogP contribution >= 0.6 is 0 Å². The van der Waals surface area contributed by atoms with Gasteiger partial charge in [-0.1, -0.05) is 0 Å². The molecule has 0 aromatic carbocycles. The van der Waals surface area contributed by atoms with Crippen molar-refractivity contribution in [3.8, 4) is 0 Å². The molecule has 6 rings (SSSR count). The first-order valence-electron chi connectivity index (χ1n) is 10.4. The van der Waals surface area contributed by atoms with Crippen LogP contribution in [0.3, 0.4) is 0 Å². The van der Waals surface area contributed by atoms with E-state index in [1.165, 1.54) is 44.9 Å². The molecule has 4 nitrogen and oxygen atoms in total. The average Bonchev–Trinajstić information content (AvgIpc) is 3.07. The predicted molar refractivity (Wildman–Crippen MR) is 94.6 cm³/mol. The van der Waals surface area contributed by atoms with Crippen LogP contribution in [0.4, 0.5) is 0 Å². The summed E-state index contributed by atoms with van der Waals surface area (Å²) in [6.45, 7) is 6.39. The molecule has 1 N–H and O–H groups in total. The summed E-state index contributed by atoms with van der Waals surface area (Å²) in [4.78, 5) is 17.8. The van der Waals surface area contributed by atoms with Gasteiger partial charge < -0.3 is 10.2 Å². The van der Waals surface area contributed by atoms with Crippen LogP contribution in [-0.2, 0) is 4.79 Å². The van der Waals surface area contributed by atoms with Gasteiger partial charge in [-0.15, -0.1) is 0 Å². The number of carbonyl (C=O) groups is 1. The molecule has 1 atom stereocenters. The first-order valence-corrected chi connectivity index (χ1v) is 10.4. The fourth-order valence-corrected chi connectivity index (χ4v) is 7.23. The first-order chi connectivity index (χ1) is 11.7. The normalized spacial score (nSPS) is 45.1. The fourth-order valence-electron chi connectivity index (χ4n) is 7.23. The van der Waals surface area contributed by atoms with E-state index < -0.39 is 0 Å². The van der Waals surface area contributed by atoms with Crippen LogP contribution in [0, 0.1) is 23.2 Å². The van der Waals surface area contributed by atoms with E-state index in [1.807, 2.05) is 0 Å². The number of amides is 1. The molecule has 6 aliphatic rings. The minimum Gasteiger partial charge on any atom is -0.340 e. The summed E-state index contributed by atoms with van der Waals surface area (Å²) >= 11 is 0. The first kappa shape index (κ1) is 15.6. The quantitative estimate of drug-likeness (QED) is 0.860. The van der Waals surface area contributed by atoms with E-state index >= 15 is 0 Å². The van der Waals surface area contributed by atoms with E-state index in [2.05, 4.69) is 15.1 Å². The Morgan fingerprint density at radius 1 is 0.958 bits per heavy atom. The van der Waals surface area contributed by atoms with Crippen molar-refractivity contribution in [2.45, 2.75) is 57.4 Å². The molecular weight excluding hydrogens is 298 g/mol. The molecule has 0 spiro atoms. The molecular formula is C20H33N3O. The minimum atomic E-state index is 0.401. The number of carbonyl (C=O) groups excluding carboxylic acids is 1. The number of nitrogens with zero attached hydrogens (tertiary/aromatic N) is 2. The molecule has 4 heteroatoms. The lowest BCUT2D eigenvalue weighted by molar-refractivity contribution is -0.141. The molecule has 134 valence electrons. The standard InChI is InChI=1S/C20H33N3O/c24-19(23-5-3-22(4-6-23)18-1-2-21-14-18)13-20-10-15-7-16(11-20)9-17(8-15)12-20/h15-18,21H,1-14H2. The molecule has 0 radical (unpaired) electrons. The number of hydrogen-bond acceptors (Lipinski definition) is 3. The van der Waals surface area contributed by atoms with Crippen molar-refractivity contribution < 1.29 is 4.79 Å².